The van der Waals surface area contributed by atoms with E-state index in [0.29, 0.717) is 12.1 Å². The molecule has 8 nitrogen and oxygen atoms in total. The number of carboxylic acid groups (broad SMARTS) is 2. The minimum Gasteiger partial charge on any atom is -0.481 e. The van der Waals surface area contributed by atoms with Crippen LogP contribution in [0.3, 0.4) is 0 Å². The first-order chi connectivity index (χ1) is 14.1. The second kappa shape index (κ2) is 7.98. The van der Waals surface area contributed by atoms with Gasteiger partial charge in [-0.15, -0.1) is 0 Å². The number of rotatable bonds is 6. The molecule has 30 heavy (non-hydrogen) atoms. The molecule has 0 aliphatic carbocycles. The zero-order valence-electron chi connectivity index (χ0n) is 16.5. The van der Waals surface area contributed by atoms with Gasteiger partial charge in [-0.25, -0.2) is 4.79 Å². The van der Waals surface area contributed by atoms with Gasteiger partial charge >= 0.3 is 11.9 Å². The van der Waals surface area contributed by atoms with Crippen molar-refractivity contribution in [2.45, 2.75) is 31.7 Å². The first kappa shape index (κ1) is 21.0. The van der Waals surface area contributed by atoms with Crippen LogP contribution in [0.5, 0.6) is 0 Å². The lowest BCUT2D eigenvalue weighted by Gasteiger charge is -2.46. The monoisotopic (exact) mass is 410 g/mol. The van der Waals surface area contributed by atoms with Crippen molar-refractivity contribution in [2.24, 2.45) is 5.92 Å². The van der Waals surface area contributed by atoms with Crippen molar-refractivity contribution in [3.63, 3.8) is 0 Å². The van der Waals surface area contributed by atoms with Gasteiger partial charge in [0.2, 0.25) is 0 Å². The number of aliphatic carboxylic acids is 2. The Balaban J connectivity index is 2.20. The Labute approximate surface area is 173 Å². The second-order valence-corrected chi connectivity index (χ2v) is 7.69. The summed E-state index contributed by atoms with van der Waals surface area (Å²) in [4.78, 5) is 35.2. The van der Waals surface area contributed by atoms with Gasteiger partial charge < -0.3 is 15.5 Å². The molecular weight excluding hydrogens is 388 g/mol. The van der Waals surface area contributed by atoms with Gasteiger partial charge in [0.25, 0.3) is 5.69 Å². The Morgan fingerprint density at radius 2 is 1.80 bits per heavy atom. The zero-order valence-corrected chi connectivity index (χ0v) is 16.5. The average molecular weight is 410 g/mol. The van der Waals surface area contributed by atoms with Crippen LogP contribution in [0.2, 0.25) is 0 Å². The minimum absolute atomic E-state index is 0.103. The molecule has 2 aromatic rings. The van der Waals surface area contributed by atoms with Crippen molar-refractivity contribution in [2.75, 3.05) is 0 Å². The summed E-state index contributed by atoms with van der Waals surface area (Å²) in [6, 6.07) is 14.8. The quantitative estimate of drug-likeness (QED) is 0.492. The topological polar surface area (TPSA) is 130 Å². The molecule has 0 amide bonds. The molecule has 2 aromatic carbocycles. The molecule has 3 unspecified atom stereocenters. The summed E-state index contributed by atoms with van der Waals surface area (Å²) in [5, 5.41) is 34.4. The molecule has 0 bridgehead atoms. The van der Waals surface area contributed by atoms with Gasteiger partial charge in [0.15, 0.2) is 0 Å². The van der Waals surface area contributed by atoms with E-state index in [0.717, 1.165) is 5.56 Å². The van der Waals surface area contributed by atoms with Crippen LogP contribution >= 0.6 is 0 Å². The Bertz CT molecular complexity index is 1030. The standard InChI is InChI=1S/C22H22N2O6/c1-13-17(20(25)26)18(15-9-6-10-16(11-15)24(29)30)19(21(27)28)22(2,23-13)12-14-7-4-3-5-8-14/h3-11,18-19,23H,12H2,1-2H3,(H,25,26)(H,27,28). The number of nitrogens with zero attached hydrogens (tertiary/aromatic N) is 1. The third-order valence-electron chi connectivity index (χ3n) is 5.56. The van der Waals surface area contributed by atoms with Crippen LogP contribution in [0.25, 0.3) is 0 Å². The number of non-ortho nitro benzene ring substituents is 1. The van der Waals surface area contributed by atoms with E-state index in [1.54, 1.807) is 13.8 Å². The largest absolute Gasteiger partial charge is 0.481 e. The zero-order chi connectivity index (χ0) is 22.1. The van der Waals surface area contributed by atoms with E-state index in [-0.39, 0.29) is 16.8 Å². The fraction of sp³-hybridized carbons (Fsp3) is 0.273. The van der Waals surface area contributed by atoms with Crippen molar-refractivity contribution in [3.8, 4) is 0 Å². The number of nitrogens with one attached hydrogen (secondary N) is 1. The molecular formula is C22H22N2O6. The molecule has 0 saturated carbocycles. The number of hydrogen-bond acceptors (Lipinski definition) is 5. The molecule has 0 fully saturated rings. The predicted octanol–water partition coefficient (Wildman–Crippen LogP) is 3.34. The molecule has 0 aromatic heterocycles. The maximum Gasteiger partial charge on any atom is 0.333 e. The van der Waals surface area contributed by atoms with Crippen molar-refractivity contribution < 1.29 is 24.7 Å². The predicted molar refractivity (Wildman–Crippen MR) is 109 cm³/mol. The number of carboxylic acids is 2. The van der Waals surface area contributed by atoms with Crippen molar-refractivity contribution in [1.82, 2.24) is 5.32 Å². The highest BCUT2D eigenvalue weighted by Gasteiger charge is 2.51. The average Bonchev–Trinajstić information content (AvgIpc) is 2.67. The van der Waals surface area contributed by atoms with E-state index >= 15 is 0 Å². The number of nitro groups is 1. The van der Waals surface area contributed by atoms with Crippen molar-refractivity contribution in [1.29, 1.82) is 0 Å². The lowest BCUT2D eigenvalue weighted by Crippen LogP contribution is -2.58. The van der Waals surface area contributed by atoms with E-state index in [9.17, 15) is 29.9 Å². The lowest BCUT2D eigenvalue weighted by molar-refractivity contribution is -0.384. The lowest BCUT2D eigenvalue weighted by atomic mass is 9.65. The van der Waals surface area contributed by atoms with E-state index < -0.39 is 34.2 Å². The Kier molecular flexibility index (Phi) is 5.60. The van der Waals surface area contributed by atoms with Crippen LogP contribution in [0, 0.1) is 16.0 Å². The number of carbonyl (C=O) groups is 2. The third kappa shape index (κ3) is 3.89. The van der Waals surface area contributed by atoms with Gasteiger partial charge in [-0.05, 0) is 31.4 Å². The first-order valence-electron chi connectivity index (χ1n) is 9.37. The molecule has 1 aliphatic heterocycles. The molecule has 3 N–H and O–H groups in total. The van der Waals surface area contributed by atoms with Gasteiger partial charge in [-0.3, -0.25) is 14.9 Å². The van der Waals surface area contributed by atoms with E-state index in [2.05, 4.69) is 5.32 Å². The highest BCUT2D eigenvalue weighted by atomic mass is 16.6. The highest BCUT2D eigenvalue weighted by Crippen LogP contribution is 2.45. The first-order valence-corrected chi connectivity index (χ1v) is 9.37. The minimum atomic E-state index is -1.26. The van der Waals surface area contributed by atoms with E-state index in [4.69, 9.17) is 0 Å². The summed E-state index contributed by atoms with van der Waals surface area (Å²) < 4.78 is 0. The van der Waals surface area contributed by atoms with E-state index in [1.807, 2.05) is 30.3 Å². The Morgan fingerprint density at radius 1 is 1.13 bits per heavy atom. The number of hydrogen-bond donors (Lipinski definition) is 3. The van der Waals surface area contributed by atoms with E-state index in [1.165, 1.54) is 24.3 Å². The summed E-state index contributed by atoms with van der Waals surface area (Å²) >= 11 is 0. The molecule has 1 aliphatic rings. The van der Waals surface area contributed by atoms with Crippen LogP contribution in [0.15, 0.2) is 65.9 Å². The second-order valence-electron chi connectivity index (χ2n) is 7.69. The third-order valence-corrected chi connectivity index (χ3v) is 5.56. The Morgan fingerprint density at radius 3 is 2.37 bits per heavy atom. The van der Waals surface area contributed by atoms with Gasteiger partial charge in [-0.1, -0.05) is 42.5 Å². The van der Waals surface area contributed by atoms with Crippen LogP contribution in [-0.4, -0.2) is 32.6 Å². The van der Waals surface area contributed by atoms with Gasteiger partial charge in [0.05, 0.1) is 22.0 Å². The van der Waals surface area contributed by atoms with Crippen LogP contribution in [0.1, 0.15) is 30.9 Å². The summed E-state index contributed by atoms with van der Waals surface area (Å²) in [5.74, 6) is -4.67. The normalized spacial score (nSPS) is 23.5. The van der Waals surface area contributed by atoms with Crippen LogP contribution in [0.4, 0.5) is 5.69 Å². The maximum atomic E-state index is 12.4. The summed E-state index contributed by atoms with van der Waals surface area (Å²) in [7, 11) is 0. The fourth-order valence-corrected chi connectivity index (χ4v) is 4.41. The van der Waals surface area contributed by atoms with Crippen LogP contribution < -0.4 is 5.32 Å². The smallest absolute Gasteiger partial charge is 0.333 e. The molecule has 0 saturated heterocycles. The van der Waals surface area contributed by atoms with Gasteiger partial charge in [0, 0.05) is 23.7 Å². The molecule has 8 heteroatoms. The van der Waals surface area contributed by atoms with Crippen molar-refractivity contribution >= 4 is 17.6 Å². The molecule has 3 atom stereocenters. The molecule has 0 radical (unpaired) electrons. The SMILES string of the molecule is CC1=C(C(=O)O)C(c2cccc([N+](=O)[O-])c2)C(C(=O)O)C(C)(Cc2ccccc2)N1. The van der Waals surface area contributed by atoms with Gasteiger partial charge in [0.1, 0.15) is 0 Å². The summed E-state index contributed by atoms with van der Waals surface area (Å²) in [6.45, 7) is 3.33. The number of benzene rings is 2. The summed E-state index contributed by atoms with van der Waals surface area (Å²) in [6.07, 6.45) is 0.334. The van der Waals surface area contributed by atoms with Crippen LogP contribution in [-0.2, 0) is 16.0 Å². The molecule has 3 rings (SSSR count). The Hall–Kier alpha value is -3.68. The molecule has 1 heterocycles. The number of allylic oxidation sites excluding steroid dienone is 1. The van der Waals surface area contributed by atoms with Gasteiger partial charge in [-0.2, -0.15) is 0 Å². The molecule has 156 valence electrons. The maximum absolute atomic E-state index is 12.4. The fourth-order valence-electron chi connectivity index (χ4n) is 4.41. The highest BCUT2D eigenvalue weighted by molar-refractivity contribution is 5.92. The summed E-state index contributed by atoms with van der Waals surface area (Å²) in [5.41, 5.74) is 0.175. The number of nitro benzene ring substituents is 1. The molecule has 0 spiro atoms. The van der Waals surface area contributed by atoms with Crippen molar-refractivity contribution in [3.05, 3.63) is 87.1 Å².